The van der Waals surface area contributed by atoms with E-state index in [4.69, 9.17) is 10.7 Å². The van der Waals surface area contributed by atoms with Crippen molar-refractivity contribution in [3.8, 4) is 0 Å². The maximum absolute atomic E-state index is 6.26. The van der Waals surface area contributed by atoms with Crippen LogP contribution in [0.25, 0.3) is 0 Å². The first kappa shape index (κ1) is 14.3. The van der Waals surface area contributed by atoms with Crippen LogP contribution < -0.4 is 5.73 Å². The second-order valence-corrected chi connectivity index (χ2v) is 7.03. The molecular weight excluding hydrogens is 324 g/mol. The average Bonchev–Trinajstić information content (AvgIpc) is 3.21. The molecule has 1 aliphatic rings. The molecule has 4 nitrogen and oxygen atoms in total. The number of rotatable bonds is 2. The van der Waals surface area contributed by atoms with Crippen LogP contribution in [0.2, 0.25) is 0 Å². The molecule has 4 rings (SSSR count). The van der Waals surface area contributed by atoms with E-state index in [2.05, 4.69) is 33.7 Å². The standard InChI is InChI=1S/C17H14N4S2/c1-10-4-6-19-17-13(10)14(11-5-8-22-9-11)20-15(16(18)21-17)12-3-2-7-23-12/h2-9,15H,1H3,(H2,18,19,21). The molecule has 0 aliphatic carbocycles. The summed E-state index contributed by atoms with van der Waals surface area (Å²) >= 11 is 3.29. The predicted molar refractivity (Wildman–Crippen MR) is 97.3 cm³/mol. The predicted octanol–water partition coefficient (Wildman–Crippen LogP) is 4.09. The van der Waals surface area contributed by atoms with Crippen LogP contribution in [0.3, 0.4) is 0 Å². The van der Waals surface area contributed by atoms with Gasteiger partial charge in [0.15, 0.2) is 5.82 Å². The van der Waals surface area contributed by atoms with E-state index in [9.17, 15) is 0 Å². The molecule has 23 heavy (non-hydrogen) atoms. The zero-order valence-corrected chi connectivity index (χ0v) is 14.1. The lowest BCUT2D eigenvalue weighted by atomic mass is 10.0. The van der Waals surface area contributed by atoms with Crippen LogP contribution in [0.15, 0.2) is 56.6 Å². The van der Waals surface area contributed by atoms with E-state index in [-0.39, 0.29) is 6.04 Å². The van der Waals surface area contributed by atoms with E-state index >= 15 is 0 Å². The first-order chi connectivity index (χ1) is 11.2. The minimum atomic E-state index is -0.265. The number of thiophene rings is 2. The lowest BCUT2D eigenvalue weighted by Gasteiger charge is -2.11. The Labute approximate surface area is 142 Å². The Kier molecular flexibility index (Phi) is 3.55. The van der Waals surface area contributed by atoms with Crippen molar-refractivity contribution in [2.24, 2.45) is 15.7 Å². The van der Waals surface area contributed by atoms with E-state index in [1.54, 1.807) is 28.9 Å². The van der Waals surface area contributed by atoms with Crippen molar-refractivity contribution >= 4 is 40.0 Å². The summed E-state index contributed by atoms with van der Waals surface area (Å²) < 4.78 is 0. The van der Waals surface area contributed by atoms with Crippen LogP contribution in [-0.2, 0) is 0 Å². The largest absolute Gasteiger partial charge is 0.385 e. The number of amidine groups is 1. The van der Waals surface area contributed by atoms with Gasteiger partial charge in [-0.15, -0.1) is 11.3 Å². The third kappa shape index (κ3) is 2.50. The zero-order valence-electron chi connectivity index (χ0n) is 12.4. The number of hydrogen-bond acceptors (Lipinski definition) is 6. The lowest BCUT2D eigenvalue weighted by Crippen LogP contribution is -2.19. The Morgan fingerprint density at radius 3 is 2.83 bits per heavy atom. The smallest absolute Gasteiger partial charge is 0.163 e. The normalized spacial score (nSPS) is 17.2. The monoisotopic (exact) mass is 338 g/mol. The molecule has 0 amide bonds. The van der Waals surface area contributed by atoms with Crippen molar-refractivity contribution in [3.63, 3.8) is 0 Å². The molecule has 0 radical (unpaired) electrons. The average molecular weight is 338 g/mol. The number of fused-ring (bicyclic) bond motifs is 1. The van der Waals surface area contributed by atoms with Crippen molar-refractivity contribution < 1.29 is 0 Å². The molecule has 1 unspecified atom stereocenters. The van der Waals surface area contributed by atoms with E-state index in [1.807, 2.05) is 23.6 Å². The van der Waals surface area contributed by atoms with Gasteiger partial charge in [0.1, 0.15) is 11.9 Å². The fourth-order valence-electron chi connectivity index (χ4n) is 2.64. The molecule has 0 saturated heterocycles. The van der Waals surface area contributed by atoms with Gasteiger partial charge in [-0.05, 0) is 41.4 Å². The zero-order chi connectivity index (χ0) is 15.8. The molecule has 0 fully saturated rings. The highest BCUT2D eigenvalue weighted by atomic mass is 32.1. The highest BCUT2D eigenvalue weighted by Crippen LogP contribution is 2.33. The molecule has 4 heterocycles. The van der Waals surface area contributed by atoms with Gasteiger partial charge < -0.3 is 5.73 Å². The Balaban J connectivity index is 1.99. The Hall–Kier alpha value is -2.31. The number of nitrogens with zero attached hydrogens (tertiary/aromatic N) is 3. The van der Waals surface area contributed by atoms with E-state index in [0.29, 0.717) is 11.7 Å². The van der Waals surface area contributed by atoms with E-state index in [1.165, 1.54) is 0 Å². The molecule has 6 heteroatoms. The summed E-state index contributed by atoms with van der Waals surface area (Å²) in [6.45, 7) is 2.06. The van der Waals surface area contributed by atoms with Gasteiger partial charge in [0, 0.05) is 27.6 Å². The Morgan fingerprint density at radius 1 is 1.17 bits per heavy atom. The molecular formula is C17H14N4S2. The highest BCUT2D eigenvalue weighted by molar-refractivity contribution is 7.10. The topological polar surface area (TPSA) is 63.6 Å². The fraction of sp³-hybridized carbons (Fsp3) is 0.118. The van der Waals surface area contributed by atoms with Crippen molar-refractivity contribution in [2.45, 2.75) is 13.0 Å². The lowest BCUT2D eigenvalue weighted by molar-refractivity contribution is 0.978. The number of pyridine rings is 1. The van der Waals surface area contributed by atoms with Gasteiger partial charge in [0.2, 0.25) is 0 Å². The molecule has 2 N–H and O–H groups in total. The van der Waals surface area contributed by atoms with Gasteiger partial charge in [-0.25, -0.2) is 9.98 Å². The van der Waals surface area contributed by atoms with Gasteiger partial charge in [-0.2, -0.15) is 11.3 Å². The first-order valence-electron chi connectivity index (χ1n) is 7.18. The van der Waals surface area contributed by atoms with Gasteiger partial charge in [0.25, 0.3) is 0 Å². The second kappa shape index (κ2) is 5.72. The third-order valence-corrected chi connectivity index (χ3v) is 5.36. The van der Waals surface area contributed by atoms with Crippen LogP contribution >= 0.6 is 22.7 Å². The van der Waals surface area contributed by atoms with Crippen molar-refractivity contribution in [1.29, 1.82) is 0 Å². The number of nitrogens with two attached hydrogens (primary N) is 1. The van der Waals surface area contributed by atoms with E-state index < -0.39 is 0 Å². The van der Waals surface area contributed by atoms with Crippen LogP contribution in [0.1, 0.15) is 27.6 Å². The molecule has 0 aromatic carbocycles. The van der Waals surface area contributed by atoms with Crippen LogP contribution in [0, 0.1) is 6.92 Å². The summed E-state index contributed by atoms with van der Waals surface area (Å²) in [5.41, 5.74) is 10.3. The molecule has 1 aliphatic heterocycles. The molecule has 0 bridgehead atoms. The summed E-state index contributed by atoms with van der Waals surface area (Å²) in [5, 5.41) is 6.18. The molecule has 114 valence electrons. The summed E-state index contributed by atoms with van der Waals surface area (Å²) in [7, 11) is 0. The summed E-state index contributed by atoms with van der Waals surface area (Å²) in [6.07, 6.45) is 1.77. The van der Waals surface area contributed by atoms with Gasteiger partial charge in [-0.1, -0.05) is 6.07 Å². The molecule has 0 spiro atoms. The summed E-state index contributed by atoms with van der Waals surface area (Å²) in [4.78, 5) is 15.1. The minimum Gasteiger partial charge on any atom is -0.385 e. The van der Waals surface area contributed by atoms with Gasteiger partial charge in [-0.3, -0.25) is 4.99 Å². The fourth-order valence-corrected chi connectivity index (χ4v) is 4.05. The Morgan fingerprint density at radius 2 is 2.09 bits per heavy atom. The molecule has 0 saturated carbocycles. The molecule has 3 aromatic heterocycles. The number of hydrogen-bond donors (Lipinski definition) is 1. The summed E-state index contributed by atoms with van der Waals surface area (Å²) in [5.74, 6) is 1.13. The number of aliphatic imine (C=N–C) groups is 2. The van der Waals surface area contributed by atoms with Crippen molar-refractivity contribution in [1.82, 2.24) is 4.98 Å². The van der Waals surface area contributed by atoms with Crippen LogP contribution in [0.5, 0.6) is 0 Å². The Bertz CT molecular complexity index is 893. The van der Waals surface area contributed by atoms with Crippen LogP contribution in [-0.4, -0.2) is 16.5 Å². The van der Waals surface area contributed by atoms with Crippen LogP contribution in [0.4, 0.5) is 5.82 Å². The first-order valence-corrected chi connectivity index (χ1v) is 9.00. The molecule has 1 atom stereocenters. The number of aromatic nitrogens is 1. The molecule has 3 aromatic rings. The maximum Gasteiger partial charge on any atom is 0.163 e. The SMILES string of the molecule is Cc1ccnc2c1C(c1ccsc1)=NC(c1cccs1)C(N)=N2. The minimum absolute atomic E-state index is 0.265. The highest BCUT2D eigenvalue weighted by Gasteiger charge is 2.25. The van der Waals surface area contributed by atoms with Gasteiger partial charge >= 0.3 is 0 Å². The summed E-state index contributed by atoms with van der Waals surface area (Å²) in [6, 6.07) is 7.85. The van der Waals surface area contributed by atoms with Gasteiger partial charge in [0.05, 0.1) is 5.71 Å². The maximum atomic E-state index is 6.26. The quantitative estimate of drug-likeness (QED) is 0.765. The van der Waals surface area contributed by atoms with Crippen molar-refractivity contribution in [2.75, 3.05) is 0 Å². The van der Waals surface area contributed by atoms with E-state index in [0.717, 1.165) is 27.3 Å². The third-order valence-electron chi connectivity index (χ3n) is 3.76. The van der Waals surface area contributed by atoms with Crippen molar-refractivity contribution in [3.05, 3.63) is 68.2 Å². The number of aryl methyl sites for hydroxylation is 1. The second-order valence-electron chi connectivity index (χ2n) is 5.27.